The van der Waals surface area contributed by atoms with Crippen molar-refractivity contribution in [1.29, 1.82) is 0 Å². The molecule has 0 saturated carbocycles. The van der Waals surface area contributed by atoms with Crippen LogP contribution in [0.15, 0.2) is 24.3 Å². The van der Waals surface area contributed by atoms with E-state index < -0.39 is 0 Å². The number of nitrogens with one attached hydrogen (secondary N) is 1. The largest absolute Gasteiger partial charge is 0.491 e. The molecule has 18 heavy (non-hydrogen) atoms. The van der Waals surface area contributed by atoms with Gasteiger partial charge in [0.2, 0.25) is 0 Å². The molecule has 1 aromatic rings. The Morgan fingerprint density at radius 3 is 2.72 bits per heavy atom. The molecular weight excluding hydrogens is 226 g/mol. The van der Waals surface area contributed by atoms with Crippen molar-refractivity contribution >= 4 is 0 Å². The van der Waals surface area contributed by atoms with Gasteiger partial charge in [0.15, 0.2) is 0 Å². The molecule has 1 N–H and O–H groups in total. The van der Waals surface area contributed by atoms with Gasteiger partial charge in [0, 0.05) is 7.11 Å². The molecule has 0 fully saturated rings. The van der Waals surface area contributed by atoms with Gasteiger partial charge >= 0.3 is 0 Å². The molecule has 0 bridgehead atoms. The van der Waals surface area contributed by atoms with Crippen LogP contribution in [0.5, 0.6) is 5.75 Å². The minimum Gasteiger partial charge on any atom is -0.491 e. The van der Waals surface area contributed by atoms with Crippen LogP contribution in [-0.2, 0) is 11.2 Å². The van der Waals surface area contributed by atoms with Crippen LogP contribution in [0.4, 0.5) is 0 Å². The van der Waals surface area contributed by atoms with E-state index in [0.29, 0.717) is 13.2 Å². The molecule has 1 rings (SSSR count). The highest BCUT2D eigenvalue weighted by atomic mass is 16.5. The van der Waals surface area contributed by atoms with Gasteiger partial charge in [-0.1, -0.05) is 25.1 Å². The molecule has 1 aromatic carbocycles. The molecule has 0 amide bonds. The smallest absolute Gasteiger partial charge is 0.122 e. The van der Waals surface area contributed by atoms with Crippen LogP contribution in [0.25, 0.3) is 0 Å². The van der Waals surface area contributed by atoms with Crippen LogP contribution in [0.3, 0.4) is 0 Å². The van der Waals surface area contributed by atoms with Crippen LogP contribution in [0.2, 0.25) is 0 Å². The zero-order valence-electron chi connectivity index (χ0n) is 11.6. The van der Waals surface area contributed by atoms with E-state index in [2.05, 4.69) is 24.4 Å². The number of benzene rings is 1. The number of methoxy groups -OCH3 is 1. The summed E-state index contributed by atoms with van der Waals surface area (Å²) in [6.07, 6.45) is 3.39. The van der Waals surface area contributed by atoms with Crippen LogP contribution < -0.4 is 10.1 Å². The summed E-state index contributed by atoms with van der Waals surface area (Å²) in [4.78, 5) is 0. The lowest BCUT2D eigenvalue weighted by Crippen LogP contribution is -2.16. The molecule has 0 aliphatic rings. The SMILES string of the molecule is CCCNCCCc1ccccc1OCCOC. The highest BCUT2D eigenvalue weighted by Crippen LogP contribution is 2.19. The maximum absolute atomic E-state index is 5.71. The normalized spacial score (nSPS) is 10.6. The van der Waals surface area contributed by atoms with Gasteiger partial charge in [0.25, 0.3) is 0 Å². The third kappa shape index (κ3) is 6.03. The summed E-state index contributed by atoms with van der Waals surface area (Å²) in [7, 11) is 1.69. The highest BCUT2D eigenvalue weighted by Gasteiger charge is 2.02. The van der Waals surface area contributed by atoms with Gasteiger partial charge in [0.05, 0.1) is 6.61 Å². The molecule has 3 nitrogen and oxygen atoms in total. The summed E-state index contributed by atoms with van der Waals surface area (Å²) in [6, 6.07) is 8.26. The van der Waals surface area contributed by atoms with E-state index in [0.717, 1.165) is 31.7 Å². The standard InChI is InChI=1S/C15H25NO2/c1-3-10-16-11-6-8-14-7-4-5-9-15(14)18-13-12-17-2/h4-5,7,9,16H,3,6,8,10-13H2,1-2H3. The van der Waals surface area contributed by atoms with Crippen LogP contribution in [0.1, 0.15) is 25.3 Å². The van der Waals surface area contributed by atoms with Crippen molar-refractivity contribution < 1.29 is 9.47 Å². The number of rotatable bonds is 10. The van der Waals surface area contributed by atoms with Crippen molar-refractivity contribution in [3.05, 3.63) is 29.8 Å². The predicted molar refractivity (Wildman–Crippen MR) is 75.3 cm³/mol. The molecule has 0 atom stereocenters. The fraction of sp³-hybridized carbons (Fsp3) is 0.600. The third-order valence-corrected chi connectivity index (χ3v) is 2.74. The number of aryl methyl sites for hydroxylation is 1. The van der Waals surface area contributed by atoms with Gasteiger partial charge in [-0.25, -0.2) is 0 Å². The molecule has 0 radical (unpaired) electrons. The molecule has 0 spiro atoms. The van der Waals surface area contributed by atoms with Gasteiger partial charge in [-0.2, -0.15) is 0 Å². The summed E-state index contributed by atoms with van der Waals surface area (Å²) < 4.78 is 10.7. The zero-order valence-corrected chi connectivity index (χ0v) is 11.6. The van der Waals surface area contributed by atoms with E-state index >= 15 is 0 Å². The molecule has 0 aromatic heterocycles. The van der Waals surface area contributed by atoms with Crippen LogP contribution in [-0.4, -0.2) is 33.4 Å². The summed E-state index contributed by atoms with van der Waals surface area (Å²) in [5.41, 5.74) is 1.28. The van der Waals surface area contributed by atoms with Crippen molar-refractivity contribution in [2.75, 3.05) is 33.4 Å². The molecule has 0 aliphatic carbocycles. The van der Waals surface area contributed by atoms with Crippen LogP contribution >= 0.6 is 0 Å². The van der Waals surface area contributed by atoms with Gasteiger partial charge in [0.1, 0.15) is 12.4 Å². The lowest BCUT2D eigenvalue weighted by Gasteiger charge is -2.11. The summed E-state index contributed by atoms with van der Waals surface area (Å²) in [5, 5.41) is 3.42. The number of para-hydroxylation sites is 1. The van der Waals surface area contributed by atoms with Crippen LogP contribution in [0, 0.1) is 0 Å². The van der Waals surface area contributed by atoms with Crippen molar-refractivity contribution in [3.8, 4) is 5.75 Å². The second-order valence-corrected chi connectivity index (χ2v) is 4.30. The summed E-state index contributed by atoms with van der Waals surface area (Å²) in [6.45, 7) is 5.60. The Kier molecular flexibility index (Phi) is 8.26. The summed E-state index contributed by atoms with van der Waals surface area (Å²) in [5.74, 6) is 0.991. The number of hydrogen-bond donors (Lipinski definition) is 1. The molecule has 0 unspecified atom stereocenters. The number of ether oxygens (including phenoxy) is 2. The quantitative estimate of drug-likeness (QED) is 0.648. The summed E-state index contributed by atoms with van der Waals surface area (Å²) >= 11 is 0. The molecule has 0 heterocycles. The first-order valence-electron chi connectivity index (χ1n) is 6.78. The Bertz CT molecular complexity index is 315. The number of hydrogen-bond acceptors (Lipinski definition) is 3. The minimum atomic E-state index is 0.613. The van der Waals surface area contributed by atoms with Crippen molar-refractivity contribution in [2.24, 2.45) is 0 Å². The molecule has 0 aliphatic heterocycles. The van der Waals surface area contributed by atoms with Gasteiger partial charge < -0.3 is 14.8 Å². The zero-order chi connectivity index (χ0) is 13.1. The van der Waals surface area contributed by atoms with Gasteiger partial charge in [-0.05, 0) is 44.0 Å². The molecule has 102 valence electrons. The van der Waals surface area contributed by atoms with E-state index in [4.69, 9.17) is 9.47 Å². The molecule has 3 heteroatoms. The van der Waals surface area contributed by atoms with Crippen molar-refractivity contribution in [1.82, 2.24) is 5.32 Å². The Hall–Kier alpha value is -1.06. The van der Waals surface area contributed by atoms with E-state index in [9.17, 15) is 0 Å². The predicted octanol–water partition coefficient (Wildman–Crippen LogP) is 2.64. The maximum Gasteiger partial charge on any atom is 0.122 e. The fourth-order valence-corrected chi connectivity index (χ4v) is 1.79. The second kappa shape index (κ2) is 9.92. The molecule has 0 saturated heterocycles. The maximum atomic E-state index is 5.71. The first kappa shape index (κ1) is 15.0. The lowest BCUT2D eigenvalue weighted by molar-refractivity contribution is 0.145. The monoisotopic (exact) mass is 251 g/mol. The lowest BCUT2D eigenvalue weighted by atomic mass is 10.1. The Morgan fingerprint density at radius 2 is 1.94 bits per heavy atom. The highest BCUT2D eigenvalue weighted by molar-refractivity contribution is 5.33. The van der Waals surface area contributed by atoms with Crippen molar-refractivity contribution in [3.63, 3.8) is 0 Å². The minimum absolute atomic E-state index is 0.613. The van der Waals surface area contributed by atoms with Gasteiger partial charge in [-0.3, -0.25) is 0 Å². The average molecular weight is 251 g/mol. The van der Waals surface area contributed by atoms with E-state index in [1.165, 1.54) is 12.0 Å². The molecular formula is C15H25NO2. The first-order valence-corrected chi connectivity index (χ1v) is 6.78. The van der Waals surface area contributed by atoms with E-state index in [1.807, 2.05) is 12.1 Å². The average Bonchev–Trinajstić information content (AvgIpc) is 2.40. The van der Waals surface area contributed by atoms with Crippen molar-refractivity contribution in [2.45, 2.75) is 26.2 Å². The topological polar surface area (TPSA) is 30.5 Å². The third-order valence-electron chi connectivity index (χ3n) is 2.74. The van der Waals surface area contributed by atoms with Gasteiger partial charge in [-0.15, -0.1) is 0 Å². The Balaban J connectivity index is 2.33. The Morgan fingerprint density at radius 1 is 1.11 bits per heavy atom. The fourth-order valence-electron chi connectivity index (χ4n) is 1.79. The Labute approximate surface area is 110 Å². The van der Waals surface area contributed by atoms with E-state index in [-0.39, 0.29) is 0 Å². The van der Waals surface area contributed by atoms with E-state index in [1.54, 1.807) is 7.11 Å². The first-order chi connectivity index (χ1) is 8.88. The second-order valence-electron chi connectivity index (χ2n) is 4.30.